The highest BCUT2D eigenvalue weighted by atomic mass is 35.5. The summed E-state index contributed by atoms with van der Waals surface area (Å²) in [5.41, 5.74) is 2.05. The molecule has 1 N–H and O–H groups in total. The first-order valence-electron chi connectivity index (χ1n) is 8.10. The lowest BCUT2D eigenvalue weighted by Gasteiger charge is -2.17. The summed E-state index contributed by atoms with van der Waals surface area (Å²) in [5.74, 6) is -0.318. The number of benzene rings is 2. The van der Waals surface area contributed by atoms with E-state index in [2.05, 4.69) is 5.32 Å². The second-order valence-corrected chi connectivity index (χ2v) is 7.02. The molecule has 26 heavy (non-hydrogen) atoms. The summed E-state index contributed by atoms with van der Waals surface area (Å²) < 4.78 is 5.28. The third kappa shape index (κ3) is 3.79. The van der Waals surface area contributed by atoms with Crippen LogP contribution in [0.4, 0.5) is 11.4 Å². The largest absolute Gasteiger partial charge is 0.495 e. The van der Waals surface area contributed by atoms with E-state index >= 15 is 0 Å². The molecular formula is C19H18Cl2N2O3. The minimum atomic E-state index is -0.456. The van der Waals surface area contributed by atoms with E-state index in [9.17, 15) is 9.59 Å². The summed E-state index contributed by atoms with van der Waals surface area (Å²) in [4.78, 5) is 26.6. The Balaban J connectivity index is 1.76. The molecule has 2 amide bonds. The number of halogens is 2. The highest BCUT2D eigenvalue weighted by Crippen LogP contribution is 2.33. The van der Waals surface area contributed by atoms with Gasteiger partial charge in [-0.3, -0.25) is 9.59 Å². The van der Waals surface area contributed by atoms with Crippen LogP contribution in [-0.4, -0.2) is 25.5 Å². The Morgan fingerprint density at radius 3 is 2.73 bits per heavy atom. The summed E-state index contributed by atoms with van der Waals surface area (Å²) in [6, 6.07) is 10.4. The Morgan fingerprint density at radius 2 is 2.04 bits per heavy atom. The molecule has 1 fully saturated rings. The predicted octanol–water partition coefficient (Wildman–Crippen LogP) is 4.30. The average molecular weight is 393 g/mol. The van der Waals surface area contributed by atoms with Crippen molar-refractivity contribution in [2.24, 2.45) is 5.92 Å². The topological polar surface area (TPSA) is 58.6 Å². The minimum absolute atomic E-state index is 0.105. The van der Waals surface area contributed by atoms with E-state index in [1.54, 1.807) is 41.3 Å². The molecule has 5 nitrogen and oxygen atoms in total. The van der Waals surface area contributed by atoms with Crippen molar-refractivity contribution in [2.75, 3.05) is 23.9 Å². The molecule has 7 heteroatoms. The molecule has 1 unspecified atom stereocenters. The Labute approximate surface area is 161 Å². The number of anilines is 2. The predicted molar refractivity (Wildman–Crippen MR) is 103 cm³/mol. The van der Waals surface area contributed by atoms with Gasteiger partial charge in [-0.2, -0.15) is 0 Å². The van der Waals surface area contributed by atoms with Crippen molar-refractivity contribution in [3.63, 3.8) is 0 Å². The number of hydrogen-bond acceptors (Lipinski definition) is 3. The van der Waals surface area contributed by atoms with Crippen molar-refractivity contribution in [3.8, 4) is 5.75 Å². The number of nitrogens with one attached hydrogen (secondary N) is 1. The van der Waals surface area contributed by atoms with Crippen LogP contribution in [-0.2, 0) is 9.59 Å². The van der Waals surface area contributed by atoms with Gasteiger partial charge < -0.3 is 15.0 Å². The molecule has 1 heterocycles. The normalized spacial score (nSPS) is 16.7. The van der Waals surface area contributed by atoms with Gasteiger partial charge in [-0.05, 0) is 36.8 Å². The summed E-state index contributed by atoms with van der Waals surface area (Å²) in [7, 11) is 1.51. The third-order valence-electron chi connectivity index (χ3n) is 4.35. The highest BCUT2D eigenvalue weighted by Gasteiger charge is 2.35. The van der Waals surface area contributed by atoms with Crippen molar-refractivity contribution in [1.82, 2.24) is 0 Å². The molecule has 1 aliphatic heterocycles. The van der Waals surface area contributed by atoms with Gasteiger partial charge >= 0.3 is 0 Å². The maximum Gasteiger partial charge on any atom is 0.229 e. The van der Waals surface area contributed by atoms with Crippen LogP contribution in [0.3, 0.4) is 0 Å². The first-order chi connectivity index (χ1) is 12.4. The van der Waals surface area contributed by atoms with Gasteiger partial charge in [-0.1, -0.05) is 29.3 Å². The van der Waals surface area contributed by atoms with Crippen molar-refractivity contribution < 1.29 is 14.3 Å². The van der Waals surface area contributed by atoms with Crippen molar-refractivity contribution in [1.29, 1.82) is 0 Å². The first-order valence-corrected chi connectivity index (χ1v) is 8.85. The Bertz CT molecular complexity index is 870. The molecule has 0 radical (unpaired) electrons. The van der Waals surface area contributed by atoms with Gasteiger partial charge in [0, 0.05) is 34.8 Å². The lowest BCUT2D eigenvalue weighted by Crippen LogP contribution is -2.28. The van der Waals surface area contributed by atoms with E-state index in [1.807, 2.05) is 6.92 Å². The van der Waals surface area contributed by atoms with E-state index in [1.165, 1.54) is 7.11 Å². The number of methoxy groups -OCH3 is 1. The average Bonchev–Trinajstić information content (AvgIpc) is 3.00. The molecule has 0 saturated carbocycles. The van der Waals surface area contributed by atoms with Crippen molar-refractivity contribution in [2.45, 2.75) is 13.3 Å². The van der Waals surface area contributed by atoms with E-state index in [0.717, 1.165) is 5.56 Å². The van der Waals surface area contributed by atoms with Crippen LogP contribution in [0.1, 0.15) is 12.0 Å². The van der Waals surface area contributed by atoms with Crippen LogP contribution in [0.2, 0.25) is 10.0 Å². The monoisotopic (exact) mass is 392 g/mol. The van der Waals surface area contributed by atoms with E-state index < -0.39 is 5.92 Å². The SMILES string of the molecule is COc1cc(Cl)c(C)cc1NC(=O)C1CC(=O)N(c2cccc(Cl)c2)C1. The molecule has 0 aliphatic carbocycles. The summed E-state index contributed by atoms with van der Waals surface area (Å²) in [6.07, 6.45) is 0.146. The van der Waals surface area contributed by atoms with Gasteiger partial charge in [0.25, 0.3) is 0 Å². The second kappa shape index (κ2) is 7.56. The number of aryl methyl sites for hydroxylation is 1. The van der Waals surface area contributed by atoms with Crippen LogP contribution in [0, 0.1) is 12.8 Å². The van der Waals surface area contributed by atoms with Crippen LogP contribution in [0.25, 0.3) is 0 Å². The van der Waals surface area contributed by atoms with Gasteiger partial charge in [0.05, 0.1) is 18.7 Å². The number of nitrogens with zero attached hydrogens (tertiary/aromatic N) is 1. The van der Waals surface area contributed by atoms with E-state index in [4.69, 9.17) is 27.9 Å². The van der Waals surface area contributed by atoms with Gasteiger partial charge in [0.15, 0.2) is 0 Å². The molecule has 1 saturated heterocycles. The standard InChI is InChI=1S/C19H18Cl2N2O3/c1-11-6-16(17(26-2)9-15(11)21)22-19(25)12-7-18(24)23(10-12)14-5-3-4-13(20)8-14/h3-6,8-9,12H,7,10H2,1-2H3,(H,22,25). The fraction of sp³-hybridized carbons (Fsp3) is 0.263. The molecule has 136 valence electrons. The highest BCUT2D eigenvalue weighted by molar-refractivity contribution is 6.31. The van der Waals surface area contributed by atoms with Crippen LogP contribution in [0.15, 0.2) is 36.4 Å². The smallest absolute Gasteiger partial charge is 0.229 e. The molecule has 1 atom stereocenters. The number of ether oxygens (including phenoxy) is 1. The quantitative estimate of drug-likeness (QED) is 0.843. The zero-order valence-electron chi connectivity index (χ0n) is 14.4. The molecule has 2 aromatic carbocycles. The summed E-state index contributed by atoms with van der Waals surface area (Å²) in [6.45, 7) is 2.15. The lowest BCUT2D eigenvalue weighted by atomic mass is 10.1. The third-order valence-corrected chi connectivity index (χ3v) is 5.00. The fourth-order valence-electron chi connectivity index (χ4n) is 2.94. The van der Waals surface area contributed by atoms with Gasteiger partial charge in [0.2, 0.25) is 11.8 Å². The zero-order chi connectivity index (χ0) is 18.8. The Morgan fingerprint density at radius 1 is 1.27 bits per heavy atom. The zero-order valence-corrected chi connectivity index (χ0v) is 15.9. The van der Waals surface area contributed by atoms with Gasteiger partial charge in [-0.25, -0.2) is 0 Å². The number of carbonyl (C=O) groups is 2. The summed E-state index contributed by atoms with van der Waals surface area (Å²) in [5, 5.41) is 3.95. The number of carbonyl (C=O) groups excluding carboxylic acids is 2. The van der Waals surface area contributed by atoms with E-state index in [-0.39, 0.29) is 18.2 Å². The molecular weight excluding hydrogens is 375 g/mol. The second-order valence-electron chi connectivity index (χ2n) is 6.18. The lowest BCUT2D eigenvalue weighted by molar-refractivity contribution is -0.122. The first kappa shape index (κ1) is 18.5. The van der Waals surface area contributed by atoms with Crippen molar-refractivity contribution in [3.05, 3.63) is 52.0 Å². The maximum atomic E-state index is 12.7. The summed E-state index contributed by atoms with van der Waals surface area (Å²) >= 11 is 12.1. The number of rotatable bonds is 4. The maximum absolute atomic E-state index is 12.7. The van der Waals surface area contributed by atoms with Crippen LogP contribution < -0.4 is 15.0 Å². The van der Waals surface area contributed by atoms with E-state index in [0.29, 0.717) is 33.7 Å². The van der Waals surface area contributed by atoms with Gasteiger partial charge in [-0.15, -0.1) is 0 Å². The molecule has 2 aromatic rings. The Kier molecular flexibility index (Phi) is 5.39. The van der Waals surface area contributed by atoms with Crippen LogP contribution >= 0.6 is 23.2 Å². The van der Waals surface area contributed by atoms with Gasteiger partial charge in [0.1, 0.15) is 5.75 Å². The molecule has 3 rings (SSSR count). The molecule has 0 bridgehead atoms. The minimum Gasteiger partial charge on any atom is -0.495 e. The molecule has 1 aliphatic rings. The fourth-order valence-corrected chi connectivity index (χ4v) is 3.28. The van der Waals surface area contributed by atoms with Crippen molar-refractivity contribution >= 4 is 46.4 Å². The molecule has 0 spiro atoms. The Hall–Kier alpha value is -2.24. The van der Waals surface area contributed by atoms with Crippen LogP contribution in [0.5, 0.6) is 5.75 Å². The number of amides is 2. The number of hydrogen-bond donors (Lipinski definition) is 1. The molecule has 0 aromatic heterocycles.